The highest BCUT2D eigenvalue weighted by Gasteiger charge is 2.19. The zero-order chi connectivity index (χ0) is 42.9. The Labute approximate surface area is 377 Å². The molecule has 0 heterocycles. The second-order valence-electron chi connectivity index (χ2n) is 16.0. The number of hydrogen-bond donors (Lipinski definition) is 0. The molecule has 0 atom stereocenters. The van der Waals surface area contributed by atoms with Crippen LogP contribution in [0.1, 0.15) is 25.7 Å². The van der Waals surface area contributed by atoms with Crippen LogP contribution < -0.4 is 19.6 Å². The fraction of sp³-hybridized carbons (Fsp3) is 0.0667. The summed E-state index contributed by atoms with van der Waals surface area (Å²) in [6.07, 6.45) is 18.0. The maximum atomic E-state index is 2.38. The first kappa shape index (κ1) is 40.0. The molecule has 8 aromatic carbocycles. The van der Waals surface area contributed by atoms with Gasteiger partial charge in [0, 0.05) is 68.3 Å². The molecule has 0 saturated heterocycles. The largest absolute Gasteiger partial charge is 0.311 e. The molecule has 0 N–H and O–H groups in total. The Bertz CT molecular complexity index is 2840. The first-order valence-corrected chi connectivity index (χ1v) is 22.3. The van der Waals surface area contributed by atoms with E-state index in [1.165, 1.54) is 22.5 Å². The fourth-order valence-corrected chi connectivity index (χ4v) is 8.74. The smallest absolute Gasteiger partial charge is 0.0463 e. The Morgan fingerprint density at radius 3 is 0.719 bits per heavy atom. The van der Waals surface area contributed by atoms with E-state index in [1.54, 1.807) is 0 Å². The minimum atomic E-state index is 1.02. The monoisotopic (exact) mass is 826 g/mol. The molecule has 0 aromatic heterocycles. The molecular formula is C60H50N4. The summed E-state index contributed by atoms with van der Waals surface area (Å²) in [6, 6.07) is 78.1. The predicted octanol–water partition coefficient (Wildman–Crippen LogP) is 17.0. The topological polar surface area (TPSA) is 13.0 Å². The van der Waals surface area contributed by atoms with Gasteiger partial charge < -0.3 is 19.6 Å². The number of para-hydroxylation sites is 4. The van der Waals surface area contributed by atoms with Crippen molar-refractivity contribution >= 4 is 56.9 Å². The Hall–Kier alpha value is -8.08. The lowest BCUT2D eigenvalue weighted by Gasteiger charge is -2.30. The van der Waals surface area contributed by atoms with Gasteiger partial charge in [0.05, 0.1) is 0 Å². The summed E-state index contributed by atoms with van der Waals surface area (Å²) in [5.41, 5.74) is 15.9. The molecule has 0 amide bonds. The molecule has 4 nitrogen and oxygen atoms in total. The molecule has 2 aliphatic rings. The Balaban J connectivity index is 0.926. The zero-order valence-electron chi connectivity index (χ0n) is 35.9. The van der Waals surface area contributed by atoms with Gasteiger partial charge in [-0.25, -0.2) is 0 Å². The van der Waals surface area contributed by atoms with Crippen LogP contribution in [-0.2, 0) is 0 Å². The van der Waals surface area contributed by atoms with Gasteiger partial charge in [-0.05, 0) is 170 Å². The molecule has 0 fully saturated rings. The minimum absolute atomic E-state index is 1.02. The molecule has 0 saturated carbocycles. The molecular weight excluding hydrogens is 777 g/mol. The number of rotatable bonds is 13. The van der Waals surface area contributed by atoms with Crippen LogP contribution >= 0.6 is 0 Å². The van der Waals surface area contributed by atoms with Crippen molar-refractivity contribution in [1.82, 2.24) is 0 Å². The van der Waals surface area contributed by atoms with Crippen molar-refractivity contribution in [2.75, 3.05) is 19.6 Å². The van der Waals surface area contributed by atoms with E-state index in [0.717, 1.165) is 82.6 Å². The summed E-state index contributed by atoms with van der Waals surface area (Å²) in [5.74, 6) is 0. The van der Waals surface area contributed by atoms with Crippen LogP contribution in [0.3, 0.4) is 0 Å². The van der Waals surface area contributed by atoms with Gasteiger partial charge in [0.2, 0.25) is 0 Å². The van der Waals surface area contributed by atoms with Crippen molar-refractivity contribution in [2.24, 2.45) is 0 Å². The molecule has 0 unspecified atom stereocenters. The third-order valence-electron chi connectivity index (χ3n) is 11.8. The average Bonchev–Trinajstić information content (AvgIpc) is 3.38. The van der Waals surface area contributed by atoms with Crippen LogP contribution in [0.5, 0.6) is 0 Å². The van der Waals surface area contributed by atoms with E-state index in [9.17, 15) is 0 Å². The standard InChI is InChI=1S/C60H50N4/c1-7-19-49(20-8-1)61(50-21-9-2-10-22-50)57-39-43-59(44-40-57)63(53-27-15-5-16-28-53)55-35-31-47(32-36-55)48-33-37-56(38-34-48)64(54-29-17-6-18-30-54)60-45-41-58(42-46-60)62(51-23-11-3-12-24-51)52-25-13-4-14-26-52/h1-3,5,7-13,15-17,19-46H,4,6,14,18H2. The molecule has 0 radical (unpaired) electrons. The van der Waals surface area contributed by atoms with E-state index >= 15 is 0 Å². The summed E-state index contributed by atoms with van der Waals surface area (Å²) >= 11 is 0. The van der Waals surface area contributed by atoms with Gasteiger partial charge in [-0.1, -0.05) is 121 Å². The minimum Gasteiger partial charge on any atom is -0.311 e. The first-order valence-electron chi connectivity index (χ1n) is 22.3. The van der Waals surface area contributed by atoms with Crippen molar-refractivity contribution < 1.29 is 0 Å². The molecule has 0 bridgehead atoms. The average molecular weight is 827 g/mol. The van der Waals surface area contributed by atoms with E-state index in [2.05, 4.69) is 274 Å². The van der Waals surface area contributed by atoms with Gasteiger partial charge in [0.25, 0.3) is 0 Å². The Kier molecular flexibility index (Phi) is 11.8. The SMILES string of the molecule is C1=CC(N(c2ccccc2)c2ccc(N(C3=CCCC=C3)c3ccc(-c4ccc(N(c5ccccc5)c5ccc(N(c6ccccc6)c6ccccc6)cc5)cc4)cc3)cc2)=CCC1. The van der Waals surface area contributed by atoms with E-state index < -0.39 is 0 Å². The molecule has 4 heteroatoms. The summed E-state index contributed by atoms with van der Waals surface area (Å²) in [5, 5.41) is 0. The quantitative estimate of drug-likeness (QED) is 0.115. The van der Waals surface area contributed by atoms with E-state index in [4.69, 9.17) is 0 Å². The summed E-state index contributed by atoms with van der Waals surface area (Å²) in [6.45, 7) is 0. The van der Waals surface area contributed by atoms with Gasteiger partial charge >= 0.3 is 0 Å². The summed E-state index contributed by atoms with van der Waals surface area (Å²) in [7, 11) is 0. The van der Waals surface area contributed by atoms with Gasteiger partial charge in [-0.3, -0.25) is 0 Å². The van der Waals surface area contributed by atoms with Gasteiger partial charge in [-0.2, -0.15) is 0 Å². The molecule has 310 valence electrons. The lowest BCUT2D eigenvalue weighted by molar-refractivity contribution is 0.994. The van der Waals surface area contributed by atoms with Crippen LogP contribution in [0, 0.1) is 0 Å². The highest BCUT2D eigenvalue weighted by atomic mass is 15.2. The predicted molar refractivity (Wildman–Crippen MR) is 271 cm³/mol. The summed E-state index contributed by atoms with van der Waals surface area (Å²) < 4.78 is 0. The van der Waals surface area contributed by atoms with Crippen LogP contribution in [-0.4, -0.2) is 0 Å². The van der Waals surface area contributed by atoms with Crippen LogP contribution in [0.4, 0.5) is 56.9 Å². The third-order valence-corrected chi connectivity index (χ3v) is 11.8. The van der Waals surface area contributed by atoms with E-state index in [1.807, 2.05) is 0 Å². The summed E-state index contributed by atoms with van der Waals surface area (Å²) in [4.78, 5) is 9.34. The van der Waals surface area contributed by atoms with Gasteiger partial charge in [0.15, 0.2) is 0 Å². The number of nitrogens with zero attached hydrogens (tertiary/aromatic N) is 4. The lowest BCUT2D eigenvalue weighted by atomic mass is 10.0. The maximum Gasteiger partial charge on any atom is 0.0463 e. The molecule has 2 aliphatic carbocycles. The number of benzene rings is 8. The highest BCUT2D eigenvalue weighted by molar-refractivity contribution is 5.83. The Morgan fingerprint density at radius 1 is 0.219 bits per heavy atom. The van der Waals surface area contributed by atoms with Crippen LogP contribution in [0.25, 0.3) is 11.1 Å². The zero-order valence-corrected chi connectivity index (χ0v) is 35.9. The van der Waals surface area contributed by atoms with Crippen molar-refractivity contribution in [2.45, 2.75) is 25.7 Å². The third kappa shape index (κ3) is 8.68. The second kappa shape index (κ2) is 18.9. The number of allylic oxidation sites excluding steroid dienone is 6. The van der Waals surface area contributed by atoms with Gasteiger partial charge in [0.1, 0.15) is 0 Å². The molecule has 10 rings (SSSR count). The normalized spacial score (nSPS) is 13.1. The molecule has 64 heavy (non-hydrogen) atoms. The number of hydrogen-bond acceptors (Lipinski definition) is 4. The maximum absolute atomic E-state index is 2.38. The van der Waals surface area contributed by atoms with Crippen LogP contribution in [0.15, 0.2) is 266 Å². The van der Waals surface area contributed by atoms with E-state index in [0.29, 0.717) is 0 Å². The molecule has 8 aromatic rings. The fourth-order valence-electron chi connectivity index (χ4n) is 8.74. The molecule has 0 aliphatic heterocycles. The Morgan fingerprint density at radius 2 is 0.453 bits per heavy atom. The van der Waals surface area contributed by atoms with Gasteiger partial charge in [-0.15, -0.1) is 0 Å². The van der Waals surface area contributed by atoms with E-state index in [-0.39, 0.29) is 0 Å². The number of anilines is 10. The van der Waals surface area contributed by atoms with Crippen molar-refractivity contribution in [1.29, 1.82) is 0 Å². The first-order chi connectivity index (χ1) is 31.8. The molecule has 0 spiro atoms. The lowest BCUT2D eigenvalue weighted by Crippen LogP contribution is -2.18. The second-order valence-corrected chi connectivity index (χ2v) is 16.0. The van der Waals surface area contributed by atoms with Crippen molar-refractivity contribution in [3.63, 3.8) is 0 Å². The van der Waals surface area contributed by atoms with Crippen LogP contribution in [0.2, 0.25) is 0 Å². The van der Waals surface area contributed by atoms with Crippen molar-refractivity contribution in [3.05, 3.63) is 266 Å². The highest BCUT2D eigenvalue weighted by Crippen LogP contribution is 2.41. The van der Waals surface area contributed by atoms with Crippen molar-refractivity contribution in [3.8, 4) is 11.1 Å².